The maximum Gasteiger partial charge on any atom is 0.127 e. The fourth-order valence-corrected chi connectivity index (χ4v) is 3.22. The molecule has 0 spiro atoms. The molecule has 18 heavy (non-hydrogen) atoms. The monoisotopic (exact) mass is 360 g/mol. The number of benzene rings is 1. The van der Waals surface area contributed by atoms with Gasteiger partial charge in [0, 0.05) is 9.99 Å². The highest BCUT2D eigenvalue weighted by molar-refractivity contribution is 14.1. The maximum absolute atomic E-state index is 6.30. The first-order chi connectivity index (χ1) is 8.43. The molecule has 0 saturated carbocycles. The largest absolute Gasteiger partial charge is 0.496 e. The first-order valence-corrected chi connectivity index (χ1v) is 7.87. The molecule has 0 unspecified atom stereocenters. The molecule has 100 valence electrons. The van der Waals surface area contributed by atoms with Gasteiger partial charge in [0.1, 0.15) is 17.1 Å². The number of ether oxygens (including phenoxy) is 2. The van der Waals surface area contributed by atoms with E-state index in [1.807, 2.05) is 0 Å². The number of hydrogen-bond acceptors (Lipinski definition) is 2. The predicted octanol–water partition coefficient (Wildman–Crippen LogP) is 4.14. The standard InChI is InChI=1S/C15H21IO2/c1-9-10(2)14-12(11(3)13(9)17-5)6-7-15(4,8-16)18-14/h6-8H2,1-5H3/t15-/m1/s1. The smallest absolute Gasteiger partial charge is 0.127 e. The Hall–Kier alpha value is -0.450. The normalized spacial score (nSPS) is 22.3. The summed E-state index contributed by atoms with van der Waals surface area (Å²) in [7, 11) is 1.75. The Labute approximate surface area is 123 Å². The third kappa shape index (κ3) is 2.10. The van der Waals surface area contributed by atoms with Crippen LogP contribution in [0.4, 0.5) is 0 Å². The molecule has 0 amide bonds. The third-order valence-electron chi connectivity index (χ3n) is 4.05. The lowest BCUT2D eigenvalue weighted by molar-refractivity contribution is 0.0909. The molecule has 2 rings (SSSR count). The average molecular weight is 360 g/mol. The van der Waals surface area contributed by atoms with Crippen LogP contribution in [0.25, 0.3) is 0 Å². The van der Waals surface area contributed by atoms with Crippen LogP contribution >= 0.6 is 22.6 Å². The number of methoxy groups -OCH3 is 1. The second-order valence-corrected chi connectivity index (χ2v) is 6.16. The molecule has 0 aromatic heterocycles. The molecule has 1 heterocycles. The van der Waals surface area contributed by atoms with Crippen molar-refractivity contribution < 1.29 is 9.47 Å². The molecular formula is C15H21IO2. The third-order valence-corrected chi connectivity index (χ3v) is 5.66. The van der Waals surface area contributed by atoms with E-state index in [9.17, 15) is 0 Å². The van der Waals surface area contributed by atoms with Crippen molar-refractivity contribution in [2.45, 2.75) is 46.1 Å². The van der Waals surface area contributed by atoms with Crippen molar-refractivity contribution in [1.29, 1.82) is 0 Å². The van der Waals surface area contributed by atoms with Crippen LogP contribution in [0.3, 0.4) is 0 Å². The van der Waals surface area contributed by atoms with Gasteiger partial charge in [-0.3, -0.25) is 0 Å². The highest BCUT2D eigenvalue weighted by Gasteiger charge is 2.33. The fourth-order valence-electron chi connectivity index (χ4n) is 2.68. The van der Waals surface area contributed by atoms with Gasteiger partial charge in [0.2, 0.25) is 0 Å². The van der Waals surface area contributed by atoms with Gasteiger partial charge in [0.25, 0.3) is 0 Å². The Balaban J connectivity index is 2.59. The zero-order valence-corrected chi connectivity index (χ0v) is 14.0. The summed E-state index contributed by atoms with van der Waals surface area (Å²) in [5.41, 5.74) is 4.98. The van der Waals surface area contributed by atoms with Gasteiger partial charge in [-0.25, -0.2) is 0 Å². The minimum absolute atomic E-state index is 0.0220. The predicted molar refractivity (Wildman–Crippen MR) is 83.4 cm³/mol. The molecule has 3 heteroatoms. The Morgan fingerprint density at radius 1 is 1.22 bits per heavy atom. The number of fused-ring (bicyclic) bond motifs is 1. The zero-order chi connectivity index (χ0) is 13.5. The SMILES string of the molecule is COc1c(C)c(C)c2c(c1C)CC[C@](C)(CI)O2. The molecule has 0 bridgehead atoms. The van der Waals surface area contributed by atoms with Crippen LogP contribution in [0.15, 0.2) is 0 Å². The summed E-state index contributed by atoms with van der Waals surface area (Å²) >= 11 is 2.42. The first-order valence-electron chi connectivity index (χ1n) is 6.35. The second-order valence-electron chi connectivity index (χ2n) is 5.40. The summed E-state index contributed by atoms with van der Waals surface area (Å²) in [5.74, 6) is 2.11. The van der Waals surface area contributed by atoms with Gasteiger partial charge in [-0.2, -0.15) is 0 Å². The Kier molecular flexibility index (Phi) is 3.81. The molecule has 2 nitrogen and oxygen atoms in total. The zero-order valence-electron chi connectivity index (χ0n) is 11.8. The lowest BCUT2D eigenvalue weighted by Crippen LogP contribution is -2.38. The van der Waals surface area contributed by atoms with E-state index < -0.39 is 0 Å². The number of alkyl halides is 1. The van der Waals surface area contributed by atoms with Gasteiger partial charge in [-0.05, 0) is 57.2 Å². The van der Waals surface area contributed by atoms with E-state index in [0.29, 0.717) is 0 Å². The molecule has 1 aliphatic heterocycles. The first kappa shape index (κ1) is 14.0. The van der Waals surface area contributed by atoms with Gasteiger partial charge in [0.15, 0.2) is 0 Å². The summed E-state index contributed by atoms with van der Waals surface area (Å²) in [6.45, 7) is 8.59. The molecule has 0 N–H and O–H groups in total. The van der Waals surface area contributed by atoms with Crippen molar-refractivity contribution in [2.75, 3.05) is 11.5 Å². The summed E-state index contributed by atoms with van der Waals surface area (Å²) in [6.07, 6.45) is 2.16. The van der Waals surface area contributed by atoms with Crippen LogP contribution in [0.2, 0.25) is 0 Å². The second kappa shape index (κ2) is 4.91. The lowest BCUT2D eigenvalue weighted by atomic mass is 9.88. The van der Waals surface area contributed by atoms with E-state index in [2.05, 4.69) is 50.3 Å². The molecule has 0 saturated heterocycles. The van der Waals surface area contributed by atoms with Crippen LogP contribution in [0.1, 0.15) is 35.6 Å². The van der Waals surface area contributed by atoms with Gasteiger partial charge in [0.05, 0.1) is 7.11 Å². The van der Waals surface area contributed by atoms with E-state index in [0.717, 1.165) is 28.8 Å². The minimum Gasteiger partial charge on any atom is -0.496 e. The Bertz CT molecular complexity index is 482. The summed E-state index contributed by atoms with van der Waals surface area (Å²) in [6, 6.07) is 0. The summed E-state index contributed by atoms with van der Waals surface area (Å²) < 4.78 is 12.9. The molecular weight excluding hydrogens is 339 g/mol. The fraction of sp³-hybridized carbons (Fsp3) is 0.600. The van der Waals surface area contributed by atoms with E-state index in [1.165, 1.54) is 22.3 Å². The summed E-state index contributed by atoms with van der Waals surface area (Å²) in [5, 5.41) is 0. The van der Waals surface area contributed by atoms with E-state index >= 15 is 0 Å². The molecule has 0 radical (unpaired) electrons. The highest BCUT2D eigenvalue weighted by atomic mass is 127. The maximum atomic E-state index is 6.30. The highest BCUT2D eigenvalue weighted by Crippen LogP contribution is 2.43. The quantitative estimate of drug-likeness (QED) is 0.583. The molecule has 1 atom stereocenters. The van der Waals surface area contributed by atoms with Crippen LogP contribution in [-0.2, 0) is 6.42 Å². The molecule has 1 aliphatic rings. The van der Waals surface area contributed by atoms with Crippen LogP contribution in [-0.4, -0.2) is 17.1 Å². The van der Waals surface area contributed by atoms with Crippen molar-refractivity contribution >= 4 is 22.6 Å². The van der Waals surface area contributed by atoms with Crippen LogP contribution < -0.4 is 9.47 Å². The van der Waals surface area contributed by atoms with Gasteiger partial charge in [-0.15, -0.1) is 0 Å². The van der Waals surface area contributed by atoms with Crippen molar-refractivity contribution in [1.82, 2.24) is 0 Å². The number of hydrogen-bond donors (Lipinski definition) is 0. The van der Waals surface area contributed by atoms with Gasteiger partial charge >= 0.3 is 0 Å². The number of rotatable bonds is 2. The topological polar surface area (TPSA) is 18.5 Å². The minimum atomic E-state index is -0.0220. The molecule has 1 aromatic rings. The lowest BCUT2D eigenvalue weighted by Gasteiger charge is -2.37. The number of halogens is 1. The average Bonchev–Trinajstić information content (AvgIpc) is 2.37. The van der Waals surface area contributed by atoms with Crippen molar-refractivity contribution in [3.05, 3.63) is 22.3 Å². The van der Waals surface area contributed by atoms with Crippen molar-refractivity contribution in [3.8, 4) is 11.5 Å². The van der Waals surface area contributed by atoms with E-state index in [-0.39, 0.29) is 5.60 Å². The molecule has 0 fully saturated rings. The van der Waals surface area contributed by atoms with Crippen LogP contribution in [0, 0.1) is 20.8 Å². The Morgan fingerprint density at radius 2 is 1.89 bits per heavy atom. The van der Waals surface area contributed by atoms with Gasteiger partial charge in [-0.1, -0.05) is 22.6 Å². The van der Waals surface area contributed by atoms with E-state index in [1.54, 1.807) is 7.11 Å². The Morgan fingerprint density at radius 3 is 2.44 bits per heavy atom. The van der Waals surface area contributed by atoms with E-state index in [4.69, 9.17) is 9.47 Å². The van der Waals surface area contributed by atoms with Crippen molar-refractivity contribution in [2.24, 2.45) is 0 Å². The van der Waals surface area contributed by atoms with Gasteiger partial charge < -0.3 is 9.47 Å². The molecule has 0 aliphatic carbocycles. The van der Waals surface area contributed by atoms with Crippen LogP contribution in [0.5, 0.6) is 11.5 Å². The molecule has 1 aromatic carbocycles. The summed E-state index contributed by atoms with van der Waals surface area (Å²) in [4.78, 5) is 0. The van der Waals surface area contributed by atoms with Crippen molar-refractivity contribution in [3.63, 3.8) is 0 Å².